The molecule has 2 aliphatic heterocycles. The van der Waals surface area contributed by atoms with Gasteiger partial charge in [-0.25, -0.2) is 13.3 Å². The number of anilines is 1. The van der Waals surface area contributed by atoms with Crippen LogP contribution in [0.15, 0.2) is 53.4 Å². The fraction of sp³-hybridized carbons (Fsp3) is 0.391. The first-order chi connectivity index (χ1) is 15.3. The molecule has 4 rings (SSSR count). The van der Waals surface area contributed by atoms with Crippen LogP contribution in [0.25, 0.3) is 0 Å². The molecule has 0 N–H and O–H groups in total. The molecule has 0 aromatic heterocycles. The summed E-state index contributed by atoms with van der Waals surface area (Å²) in [6.07, 6.45) is 0.994. The lowest BCUT2D eigenvalue weighted by Gasteiger charge is -2.29. The molecule has 2 aliphatic rings. The maximum Gasteiger partial charge on any atom is 0.252 e. The molecular weight excluding hydrogens is 432 g/mol. The van der Waals surface area contributed by atoms with Crippen LogP contribution in [0.4, 0.5) is 5.69 Å². The van der Waals surface area contributed by atoms with Crippen molar-refractivity contribution in [1.29, 1.82) is 0 Å². The van der Waals surface area contributed by atoms with E-state index in [0.29, 0.717) is 24.5 Å². The fourth-order valence-electron chi connectivity index (χ4n) is 4.07. The Bertz CT molecular complexity index is 1090. The molecule has 2 aromatic carbocycles. The molecule has 2 saturated heterocycles. The third kappa shape index (κ3) is 4.28. The summed E-state index contributed by atoms with van der Waals surface area (Å²) in [5.41, 5.74) is 1.43. The lowest BCUT2D eigenvalue weighted by molar-refractivity contribution is -0.122. The lowest BCUT2D eigenvalue weighted by atomic mass is 10.2. The third-order valence-corrected chi connectivity index (χ3v) is 7.73. The normalized spacial score (nSPS) is 21.5. The maximum absolute atomic E-state index is 13.6. The summed E-state index contributed by atoms with van der Waals surface area (Å²) in [5.74, 6) is -0.452. The van der Waals surface area contributed by atoms with Crippen molar-refractivity contribution in [3.63, 3.8) is 0 Å². The van der Waals surface area contributed by atoms with Crippen LogP contribution in [0.1, 0.15) is 24.8 Å². The quantitative estimate of drug-likeness (QED) is 0.592. The van der Waals surface area contributed by atoms with Crippen molar-refractivity contribution in [2.75, 3.05) is 25.2 Å². The van der Waals surface area contributed by atoms with Gasteiger partial charge in [-0.05, 0) is 56.2 Å². The Morgan fingerprint density at radius 3 is 2.38 bits per heavy atom. The van der Waals surface area contributed by atoms with Crippen molar-refractivity contribution in [2.45, 2.75) is 43.2 Å². The number of rotatable bonds is 7. The number of carbonyl (C=O) groups is 2. The van der Waals surface area contributed by atoms with Crippen molar-refractivity contribution in [3.8, 4) is 5.75 Å². The molecule has 2 atom stereocenters. The minimum atomic E-state index is -4.07. The molecule has 32 heavy (non-hydrogen) atoms. The van der Waals surface area contributed by atoms with E-state index >= 15 is 0 Å². The standard InChI is InChI=1S/C23H26N2O6S/c1-16-5-7-17(8-6-16)25-22(26)14-21(23(25)27)24(15-19-4-3-13-31-19)32(28,29)20-11-9-18(30-2)10-12-20/h5-12,19,21H,3-4,13-15H2,1-2H3. The number of nitrogens with zero attached hydrogens (tertiary/aromatic N) is 2. The number of carbonyl (C=O) groups excluding carboxylic acids is 2. The molecule has 8 nitrogen and oxygen atoms in total. The second kappa shape index (κ2) is 9.01. The van der Waals surface area contributed by atoms with Gasteiger partial charge in [0.1, 0.15) is 11.8 Å². The number of imide groups is 1. The van der Waals surface area contributed by atoms with Gasteiger partial charge in [-0.15, -0.1) is 0 Å². The van der Waals surface area contributed by atoms with E-state index in [-0.39, 0.29) is 24.0 Å². The minimum Gasteiger partial charge on any atom is -0.497 e. The van der Waals surface area contributed by atoms with Crippen LogP contribution < -0.4 is 9.64 Å². The van der Waals surface area contributed by atoms with E-state index in [0.717, 1.165) is 21.2 Å². The van der Waals surface area contributed by atoms with E-state index in [1.807, 2.05) is 6.92 Å². The van der Waals surface area contributed by atoms with Crippen LogP contribution in [0.5, 0.6) is 5.75 Å². The Labute approximate surface area is 187 Å². The molecular formula is C23H26N2O6S. The Hall–Kier alpha value is -2.75. The van der Waals surface area contributed by atoms with Gasteiger partial charge in [0.05, 0.1) is 30.2 Å². The molecule has 0 bridgehead atoms. The molecule has 0 radical (unpaired) electrons. The number of hydrogen-bond acceptors (Lipinski definition) is 6. The highest BCUT2D eigenvalue weighted by molar-refractivity contribution is 7.89. The largest absolute Gasteiger partial charge is 0.497 e. The summed E-state index contributed by atoms with van der Waals surface area (Å²) in [6.45, 7) is 2.47. The number of aryl methyl sites for hydroxylation is 1. The highest BCUT2D eigenvalue weighted by Gasteiger charge is 2.47. The van der Waals surface area contributed by atoms with E-state index < -0.39 is 27.9 Å². The van der Waals surface area contributed by atoms with Gasteiger partial charge in [-0.2, -0.15) is 4.31 Å². The molecule has 2 unspecified atom stereocenters. The summed E-state index contributed by atoms with van der Waals surface area (Å²) < 4.78 is 39.1. The minimum absolute atomic E-state index is 0.0137. The summed E-state index contributed by atoms with van der Waals surface area (Å²) in [4.78, 5) is 27.3. The molecule has 2 amide bonds. The van der Waals surface area contributed by atoms with E-state index in [1.54, 1.807) is 36.4 Å². The van der Waals surface area contributed by atoms with Crippen LogP contribution in [0.2, 0.25) is 0 Å². The topological polar surface area (TPSA) is 93.2 Å². The van der Waals surface area contributed by atoms with Gasteiger partial charge in [-0.3, -0.25) is 9.59 Å². The molecule has 9 heteroatoms. The van der Waals surface area contributed by atoms with Crippen LogP contribution >= 0.6 is 0 Å². The first-order valence-electron chi connectivity index (χ1n) is 10.5. The summed E-state index contributed by atoms with van der Waals surface area (Å²) in [7, 11) is -2.57. The van der Waals surface area contributed by atoms with Crippen molar-refractivity contribution in [3.05, 3.63) is 54.1 Å². The number of benzene rings is 2. The highest BCUT2D eigenvalue weighted by Crippen LogP contribution is 2.31. The number of sulfonamides is 1. The van der Waals surface area contributed by atoms with E-state index in [1.165, 1.54) is 19.2 Å². The molecule has 170 valence electrons. The summed E-state index contributed by atoms with van der Waals surface area (Å²) >= 11 is 0. The molecule has 2 heterocycles. The molecule has 2 aromatic rings. The van der Waals surface area contributed by atoms with Crippen molar-refractivity contribution in [1.82, 2.24) is 4.31 Å². The van der Waals surface area contributed by atoms with Crippen LogP contribution in [-0.2, 0) is 24.3 Å². The molecule has 0 spiro atoms. The van der Waals surface area contributed by atoms with Gasteiger partial charge in [0, 0.05) is 13.2 Å². The van der Waals surface area contributed by atoms with Crippen LogP contribution in [0, 0.1) is 6.92 Å². The average Bonchev–Trinajstić information content (AvgIpc) is 3.40. The van der Waals surface area contributed by atoms with Gasteiger partial charge in [-0.1, -0.05) is 17.7 Å². The van der Waals surface area contributed by atoms with Gasteiger partial charge < -0.3 is 9.47 Å². The average molecular weight is 459 g/mol. The Balaban J connectivity index is 1.68. The number of hydrogen-bond donors (Lipinski definition) is 0. The number of methoxy groups -OCH3 is 1. The van der Waals surface area contributed by atoms with Crippen LogP contribution in [-0.4, -0.2) is 56.9 Å². The Kier molecular flexibility index (Phi) is 6.32. The second-order valence-corrected chi connectivity index (χ2v) is 9.90. The Morgan fingerprint density at radius 2 is 1.78 bits per heavy atom. The smallest absolute Gasteiger partial charge is 0.252 e. The summed E-state index contributed by atoms with van der Waals surface area (Å²) in [6, 6.07) is 11.9. The number of ether oxygens (including phenoxy) is 2. The zero-order valence-electron chi connectivity index (χ0n) is 18.1. The maximum atomic E-state index is 13.6. The predicted octanol–water partition coefficient (Wildman–Crippen LogP) is 2.51. The van der Waals surface area contributed by atoms with Gasteiger partial charge in [0.25, 0.3) is 5.91 Å². The van der Waals surface area contributed by atoms with Crippen molar-refractivity contribution >= 4 is 27.5 Å². The SMILES string of the molecule is COc1ccc(S(=O)(=O)N(CC2CCCO2)C2CC(=O)N(c3ccc(C)cc3)C2=O)cc1. The van der Waals surface area contributed by atoms with Gasteiger partial charge in [0.15, 0.2) is 0 Å². The molecule has 0 aliphatic carbocycles. The van der Waals surface area contributed by atoms with Crippen LogP contribution in [0.3, 0.4) is 0 Å². The number of amides is 2. The first kappa shape index (κ1) is 22.4. The first-order valence-corrected chi connectivity index (χ1v) is 12.0. The third-order valence-electron chi connectivity index (χ3n) is 5.84. The predicted molar refractivity (Wildman–Crippen MR) is 118 cm³/mol. The van der Waals surface area contributed by atoms with E-state index in [4.69, 9.17) is 9.47 Å². The Morgan fingerprint density at radius 1 is 1.09 bits per heavy atom. The highest BCUT2D eigenvalue weighted by atomic mass is 32.2. The van der Waals surface area contributed by atoms with Gasteiger partial charge in [0.2, 0.25) is 15.9 Å². The lowest BCUT2D eigenvalue weighted by Crippen LogP contribution is -2.48. The van der Waals surface area contributed by atoms with E-state index in [9.17, 15) is 18.0 Å². The van der Waals surface area contributed by atoms with E-state index in [2.05, 4.69) is 0 Å². The van der Waals surface area contributed by atoms with Crippen molar-refractivity contribution in [2.24, 2.45) is 0 Å². The molecule has 2 fully saturated rings. The zero-order chi connectivity index (χ0) is 22.9. The van der Waals surface area contributed by atoms with Gasteiger partial charge >= 0.3 is 0 Å². The van der Waals surface area contributed by atoms with Crippen molar-refractivity contribution < 1.29 is 27.5 Å². The monoisotopic (exact) mass is 458 g/mol. The fourth-order valence-corrected chi connectivity index (χ4v) is 5.68. The molecule has 0 saturated carbocycles. The summed E-state index contributed by atoms with van der Waals surface area (Å²) in [5, 5.41) is 0. The second-order valence-electron chi connectivity index (χ2n) is 8.01. The zero-order valence-corrected chi connectivity index (χ0v) is 18.9.